The van der Waals surface area contributed by atoms with E-state index in [1.807, 2.05) is 39.8 Å². The van der Waals surface area contributed by atoms with Gasteiger partial charge in [-0.1, -0.05) is 12.1 Å². The van der Waals surface area contributed by atoms with Gasteiger partial charge in [0.15, 0.2) is 0 Å². The van der Waals surface area contributed by atoms with Gasteiger partial charge >= 0.3 is 11.3 Å². The quantitative estimate of drug-likeness (QED) is 0.385. The van der Waals surface area contributed by atoms with Crippen molar-refractivity contribution in [3.8, 4) is 0 Å². The van der Waals surface area contributed by atoms with Crippen LogP contribution in [0.1, 0.15) is 38.2 Å². The molecule has 0 saturated carbocycles. The van der Waals surface area contributed by atoms with Crippen LogP contribution in [-0.2, 0) is 0 Å². The standard InChI is InChI=1S/C23H18O5/c1-11-5-13(3)15-9-17(22(25)27-19(15)7-11)21(24)18-10-16-14(4)6-12(2)8-20(16)28-23(18)26/h5-10H,1-4H3. The second-order valence-corrected chi connectivity index (χ2v) is 7.21. The average molecular weight is 374 g/mol. The molecule has 0 radical (unpaired) electrons. The van der Waals surface area contributed by atoms with Crippen LogP contribution in [-0.4, -0.2) is 5.78 Å². The molecule has 4 aromatic rings. The molecule has 0 aliphatic rings. The zero-order valence-corrected chi connectivity index (χ0v) is 16.0. The summed E-state index contributed by atoms with van der Waals surface area (Å²) in [5, 5.41) is 1.32. The molecule has 0 atom stereocenters. The van der Waals surface area contributed by atoms with Crippen molar-refractivity contribution in [2.45, 2.75) is 27.7 Å². The summed E-state index contributed by atoms with van der Waals surface area (Å²) in [6, 6.07) is 10.3. The van der Waals surface area contributed by atoms with Crippen LogP contribution in [0.2, 0.25) is 0 Å². The Hall–Kier alpha value is -3.47. The highest BCUT2D eigenvalue weighted by Crippen LogP contribution is 2.23. The molecule has 0 amide bonds. The van der Waals surface area contributed by atoms with Crippen LogP contribution in [0, 0.1) is 27.7 Å². The molecule has 0 fully saturated rings. The highest BCUT2D eigenvalue weighted by molar-refractivity contribution is 6.11. The van der Waals surface area contributed by atoms with Crippen LogP contribution >= 0.6 is 0 Å². The fourth-order valence-corrected chi connectivity index (χ4v) is 3.60. The third-order valence-electron chi connectivity index (χ3n) is 4.90. The topological polar surface area (TPSA) is 77.5 Å². The molecule has 0 unspecified atom stereocenters. The van der Waals surface area contributed by atoms with Gasteiger partial charge in [0.2, 0.25) is 5.78 Å². The molecule has 0 saturated heterocycles. The predicted molar refractivity (Wildman–Crippen MR) is 107 cm³/mol. The average Bonchev–Trinajstić information content (AvgIpc) is 2.59. The normalized spacial score (nSPS) is 11.3. The molecule has 28 heavy (non-hydrogen) atoms. The van der Waals surface area contributed by atoms with Gasteiger partial charge in [-0.25, -0.2) is 9.59 Å². The molecule has 0 spiro atoms. The number of benzene rings is 2. The lowest BCUT2D eigenvalue weighted by Crippen LogP contribution is -2.21. The van der Waals surface area contributed by atoms with Crippen molar-refractivity contribution < 1.29 is 13.6 Å². The number of carbonyl (C=O) groups excluding carboxylic acids is 1. The first kappa shape index (κ1) is 17.9. The van der Waals surface area contributed by atoms with E-state index >= 15 is 0 Å². The van der Waals surface area contributed by atoms with Gasteiger partial charge in [0.25, 0.3) is 0 Å². The van der Waals surface area contributed by atoms with Crippen molar-refractivity contribution >= 4 is 27.7 Å². The van der Waals surface area contributed by atoms with E-state index in [-0.39, 0.29) is 11.1 Å². The fourth-order valence-electron chi connectivity index (χ4n) is 3.60. The van der Waals surface area contributed by atoms with E-state index < -0.39 is 17.0 Å². The number of ketones is 1. The second kappa shape index (κ2) is 6.30. The van der Waals surface area contributed by atoms with Gasteiger partial charge in [0, 0.05) is 10.8 Å². The molecule has 0 N–H and O–H groups in total. The van der Waals surface area contributed by atoms with E-state index in [1.54, 1.807) is 12.1 Å². The van der Waals surface area contributed by atoms with Crippen LogP contribution in [0.5, 0.6) is 0 Å². The third-order valence-corrected chi connectivity index (χ3v) is 4.90. The molecule has 0 aliphatic heterocycles. The van der Waals surface area contributed by atoms with E-state index in [0.717, 1.165) is 22.3 Å². The molecule has 0 bridgehead atoms. The fraction of sp³-hybridized carbons (Fsp3) is 0.174. The van der Waals surface area contributed by atoms with Crippen LogP contribution in [0.3, 0.4) is 0 Å². The van der Waals surface area contributed by atoms with E-state index in [9.17, 15) is 14.4 Å². The molecule has 2 aromatic heterocycles. The van der Waals surface area contributed by atoms with Crippen LogP contribution < -0.4 is 11.3 Å². The maximum atomic E-state index is 13.0. The molecule has 2 heterocycles. The lowest BCUT2D eigenvalue weighted by Gasteiger charge is -2.07. The number of hydrogen-bond donors (Lipinski definition) is 0. The number of hydrogen-bond acceptors (Lipinski definition) is 5. The molecule has 140 valence electrons. The van der Waals surface area contributed by atoms with Crippen molar-refractivity contribution in [2.24, 2.45) is 0 Å². The molecule has 4 rings (SSSR count). The van der Waals surface area contributed by atoms with Crippen molar-refractivity contribution in [2.75, 3.05) is 0 Å². The van der Waals surface area contributed by atoms with Crippen LogP contribution in [0.15, 0.2) is 54.8 Å². The van der Waals surface area contributed by atoms with Crippen molar-refractivity contribution in [3.63, 3.8) is 0 Å². The summed E-state index contributed by atoms with van der Waals surface area (Å²) in [5.74, 6) is -0.703. The summed E-state index contributed by atoms with van der Waals surface area (Å²) >= 11 is 0. The number of carbonyl (C=O) groups is 1. The van der Waals surface area contributed by atoms with Crippen molar-refractivity contribution in [1.82, 2.24) is 0 Å². The first-order valence-corrected chi connectivity index (χ1v) is 8.89. The van der Waals surface area contributed by atoms with Gasteiger partial charge < -0.3 is 8.83 Å². The first-order valence-electron chi connectivity index (χ1n) is 8.89. The summed E-state index contributed by atoms with van der Waals surface area (Å²) in [6.45, 7) is 7.55. The first-order chi connectivity index (χ1) is 13.2. The van der Waals surface area contributed by atoms with Crippen molar-refractivity contribution in [3.05, 3.63) is 90.6 Å². The highest BCUT2D eigenvalue weighted by Gasteiger charge is 2.21. The summed E-state index contributed by atoms with van der Waals surface area (Å²) in [7, 11) is 0. The summed E-state index contributed by atoms with van der Waals surface area (Å²) < 4.78 is 10.7. The predicted octanol–water partition coefficient (Wildman–Crippen LogP) is 4.36. The third kappa shape index (κ3) is 2.85. The molecular formula is C23H18O5. The smallest absolute Gasteiger partial charge is 0.347 e. The molecule has 5 heteroatoms. The number of fused-ring (bicyclic) bond motifs is 2. The molecular weight excluding hydrogens is 356 g/mol. The minimum atomic E-state index is -0.775. The Labute approximate surface area is 160 Å². The maximum absolute atomic E-state index is 13.0. The zero-order valence-electron chi connectivity index (χ0n) is 16.0. The minimum Gasteiger partial charge on any atom is -0.422 e. The van der Waals surface area contributed by atoms with E-state index in [0.29, 0.717) is 21.9 Å². The van der Waals surface area contributed by atoms with E-state index in [2.05, 4.69) is 0 Å². The van der Waals surface area contributed by atoms with Gasteiger partial charge in [-0.2, -0.15) is 0 Å². The lowest BCUT2D eigenvalue weighted by atomic mass is 10.00. The SMILES string of the molecule is Cc1cc(C)c2cc(C(=O)c3cc4c(C)cc(C)cc4oc3=O)c(=O)oc2c1. The van der Waals surface area contributed by atoms with Crippen LogP contribution in [0.25, 0.3) is 21.9 Å². The van der Waals surface area contributed by atoms with E-state index in [1.165, 1.54) is 12.1 Å². The monoisotopic (exact) mass is 374 g/mol. The van der Waals surface area contributed by atoms with Gasteiger partial charge in [0.05, 0.1) is 0 Å². The molecule has 2 aromatic carbocycles. The maximum Gasteiger partial charge on any atom is 0.347 e. The Kier molecular flexibility index (Phi) is 4.03. The number of rotatable bonds is 2. The summed E-state index contributed by atoms with van der Waals surface area (Å²) in [6.07, 6.45) is 0. The highest BCUT2D eigenvalue weighted by atomic mass is 16.4. The van der Waals surface area contributed by atoms with Crippen LogP contribution in [0.4, 0.5) is 0 Å². The lowest BCUT2D eigenvalue weighted by molar-refractivity contribution is 0.103. The second-order valence-electron chi connectivity index (χ2n) is 7.21. The van der Waals surface area contributed by atoms with Gasteiger partial charge in [0.1, 0.15) is 22.3 Å². The molecule has 5 nitrogen and oxygen atoms in total. The Morgan fingerprint density at radius 2 is 1.04 bits per heavy atom. The number of aryl methyl sites for hydroxylation is 4. The summed E-state index contributed by atoms with van der Waals surface area (Å²) in [4.78, 5) is 37.9. The zero-order chi connectivity index (χ0) is 20.2. The largest absolute Gasteiger partial charge is 0.422 e. The minimum absolute atomic E-state index is 0.184. The van der Waals surface area contributed by atoms with Crippen molar-refractivity contribution in [1.29, 1.82) is 0 Å². The molecule has 0 aliphatic carbocycles. The Balaban J connectivity index is 1.95. The Morgan fingerprint density at radius 3 is 1.43 bits per heavy atom. The van der Waals surface area contributed by atoms with Gasteiger partial charge in [-0.05, 0) is 74.2 Å². The van der Waals surface area contributed by atoms with E-state index in [4.69, 9.17) is 8.83 Å². The Bertz CT molecular complexity index is 1300. The van der Waals surface area contributed by atoms with Gasteiger partial charge in [-0.3, -0.25) is 4.79 Å². The summed E-state index contributed by atoms with van der Waals surface area (Å²) in [5.41, 5.74) is 2.57. The van der Waals surface area contributed by atoms with Gasteiger partial charge in [-0.15, -0.1) is 0 Å². The Morgan fingerprint density at radius 1 is 0.643 bits per heavy atom.